The molecule has 1 aromatic carbocycles. The number of carbonyl (C=O) groups excluding carboxylic acids is 1. The predicted molar refractivity (Wildman–Crippen MR) is 154 cm³/mol. The number of aryl methyl sites for hydroxylation is 2. The van der Waals surface area contributed by atoms with Gasteiger partial charge >= 0.3 is 0 Å². The maximum Gasteiger partial charge on any atom is 0.255 e. The SMILES string of the molecule is CC[C@@H](c1sc2c(c1C)C(=O)N(Cc1c(C)cc(C)[nH]c1=O)CC2)C1CCN(Cc2ccccc2)CC1.[HH]. The van der Waals surface area contributed by atoms with Crippen molar-refractivity contribution < 1.29 is 6.22 Å². The molecule has 198 valence electrons. The maximum atomic E-state index is 13.7. The first-order valence-corrected chi connectivity index (χ1v) is 14.5. The van der Waals surface area contributed by atoms with Crippen LogP contribution in [0, 0.1) is 26.7 Å². The Morgan fingerprint density at radius 3 is 2.46 bits per heavy atom. The second-order valence-corrected chi connectivity index (χ2v) is 12.1. The largest absolute Gasteiger partial charge is 0.334 e. The van der Waals surface area contributed by atoms with Gasteiger partial charge in [-0.15, -0.1) is 11.3 Å². The molecule has 1 N–H and O–H groups in total. The molecular formula is C31H41N3O2S. The fourth-order valence-corrected chi connectivity index (χ4v) is 7.97. The topological polar surface area (TPSA) is 56.4 Å². The molecule has 0 unspecified atom stereocenters. The van der Waals surface area contributed by atoms with Gasteiger partial charge in [-0.05, 0) is 87.7 Å². The molecular weight excluding hydrogens is 478 g/mol. The highest BCUT2D eigenvalue weighted by atomic mass is 32.1. The third-order valence-electron chi connectivity index (χ3n) is 8.44. The van der Waals surface area contributed by atoms with Gasteiger partial charge in [-0.25, -0.2) is 0 Å². The lowest BCUT2D eigenvalue weighted by Gasteiger charge is -2.36. The summed E-state index contributed by atoms with van der Waals surface area (Å²) in [7, 11) is 0. The number of hydrogen-bond donors (Lipinski definition) is 1. The summed E-state index contributed by atoms with van der Waals surface area (Å²) in [6, 6.07) is 12.8. The van der Waals surface area contributed by atoms with Crippen molar-refractivity contribution in [3.63, 3.8) is 0 Å². The van der Waals surface area contributed by atoms with Gasteiger partial charge in [-0.1, -0.05) is 37.3 Å². The molecule has 2 aliphatic rings. The number of H-pyrrole nitrogens is 1. The molecule has 5 rings (SSSR count). The van der Waals surface area contributed by atoms with Crippen LogP contribution in [0.5, 0.6) is 0 Å². The Morgan fingerprint density at radius 2 is 1.78 bits per heavy atom. The normalized spacial score (nSPS) is 17.7. The molecule has 0 spiro atoms. The van der Waals surface area contributed by atoms with Crippen molar-refractivity contribution in [1.82, 2.24) is 14.8 Å². The summed E-state index contributed by atoms with van der Waals surface area (Å²) >= 11 is 1.88. The van der Waals surface area contributed by atoms with Gasteiger partial charge in [0.25, 0.3) is 11.5 Å². The number of aromatic nitrogens is 1. The molecule has 1 amide bonds. The van der Waals surface area contributed by atoms with E-state index in [2.05, 4.69) is 54.1 Å². The fourth-order valence-electron chi connectivity index (χ4n) is 6.41. The monoisotopic (exact) mass is 519 g/mol. The highest BCUT2D eigenvalue weighted by Crippen LogP contribution is 2.44. The number of carbonyl (C=O) groups is 1. The fraction of sp³-hybridized carbons (Fsp3) is 0.484. The quantitative estimate of drug-likeness (QED) is 0.404. The molecule has 3 aromatic rings. The van der Waals surface area contributed by atoms with E-state index in [0.29, 0.717) is 30.5 Å². The third kappa shape index (κ3) is 5.32. The number of nitrogens with one attached hydrogen (secondary N) is 1. The van der Waals surface area contributed by atoms with Gasteiger partial charge in [0, 0.05) is 41.9 Å². The zero-order chi connectivity index (χ0) is 26.1. The lowest BCUT2D eigenvalue weighted by atomic mass is 9.80. The van der Waals surface area contributed by atoms with Crippen molar-refractivity contribution in [2.75, 3.05) is 19.6 Å². The van der Waals surface area contributed by atoms with Gasteiger partial charge in [-0.2, -0.15) is 0 Å². The number of amides is 1. The van der Waals surface area contributed by atoms with Gasteiger partial charge in [-0.3, -0.25) is 14.5 Å². The maximum absolute atomic E-state index is 13.7. The third-order valence-corrected chi connectivity index (χ3v) is 9.92. The van der Waals surface area contributed by atoms with E-state index in [1.165, 1.54) is 33.7 Å². The first kappa shape index (κ1) is 25.9. The van der Waals surface area contributed by atoms with Gasteiger partial charge in [0.1, 0.15) is 0 Å². The van der Waals surface area contributed by atoms with Gasteiger partial charge in [0.2, 0.25) is 0 Å². The second-order valence-electron chi connectivity index (χ2n) is 10.9. The van der Waals surface area contributed by atoms with Crippen LogP contribution in [0.2, 0.25) is 0 Å². The van der Waals surface area contributed by atoms with Crippen LogP contribution in [-0.4, -0.2) is 40.3 Å². The van der Waals surface area contributed by atoms with Crippen LogP contribution >= 0.6 is 11.3 Å². The molecule has 1 atom stereocenters. The summed E-state index contributed by atoms with van der Waals surface area (Å²) in [6.07, 6.45) is 4.41. The van der Waals surface area contributed by atoms with E-state index in [0.717, 1.165) is 49.3 Å². The Kier molecular flexibility index (Phi) is 7.68. The molecule has 5 nitrogen and oxygen atoms in total. The van der Waals surface area contributed by atoms with Crippen molar-refractivity contribution in [1.29, 1.82) is 0 Å². The molecule has 0 bridgehead atoms. The Bertz CT molecular complexity index is 1320. The minimum Gasteiger partial charge on any atom is -0.334 e. The van der Waals surface area contributed by atoms with Gasteiger partial charge < -0.3 is 9.88 Å². The number of pyridine rings is 1. The van der Waals surface area contributed by atoms with Crippen LogP contribution < -0.4 is 5.56 Å². The van der Waals surface area contributed by atoms with E-state index in [1.807, 2.05) is 36.2 Å². The number of nitrogens with zero attached hydrogens (tertiary/aromatic N) is 2. The number of fused-ring (bicyclic) bond motifs is 1. The molecule has 1 fully saturated rings. The van der Waals surface area contributed by atoms with E-state index in [-0.39, 0.29) is 12.9 Å². The summed E-state index contributed by atoms with van der Waals surface area (Å²) in [5.74, 6) is 1.27. The highest BCUT2D eigenvalue weighted by molar-refractivity contribution is 7.12. The Labute approximate surface area is 226 Å². The van der Waals surface area contributed by atoms with Crippen LogP contribution in [0.15, 0.2) is 41.2 Å². The molecule has 1 saturated heterocycles. The number of aromatic amines is 1. The van der Waals surface area contributed by atoms with Crippen LogP contribution in [0.4, 0.5) is 0 Å². The first-order chi connectivity index (χ1) is 17.9. The molecule has 0 aliphatic carbocycles. The molecule has 0 saturated carbocycles. The van der Waals surface area contributed by atoms with Crippen molar-refractivity contribution in [3.05, 3.63) is 90.0 Å². The average molecular weight is 520 g/mol. The van der Waals surface area contributed by atoms with Crippen molar-refractivity contribution in [2.24, 2.45) is 5.92 Å². The number of rotatable bonds is 7. The summed E-state index contributed by atoms with van der Waals surface area (Å²) in [6.45, 7) is 12.7. The van der Waals surface area contributed by atoms with Crippen molar-refractivity contribution in [3.8, 4) is 0 Å². The van der Waals surface area contributed by atoms with Crippen molar-refractivity contribution >= 4 is 17.2 Å². The highest BCUT2D eigenvalue weighted by Gasteiger charge is 2.35. The summed E-state index contributed by atoms with van der Waals surface area (Å²) in [4.78, 5) is 36.3. The van der Waals surface area contributed by atoms with Gasteiger partial charge in [0.15, 0.2) is 0 Å². The number of likely N-dealkylation sites (tertiary alicyclic amines) is 1. The first-order valence-electron chi connectivity index (χ1n) is 13.7. The van der Waals surface area contributed by atoms with Crippen LogP contribution in [0.3, 0.4) is 0 Å². The van der Waals surface area contributed by atoms with Crippen molar-refractivity contribution in [2.45, 2.75) is 72.4 Å². The minimum absolute atomic E-state index is 0. The summed E-state index contributed by atoms with van der Waals surface area (Å²) in [5.41, 5.74) is 5.91. The lowest BCUT2D eigenvalue weighted by Crippen LogP contribution is -2.38. The Balaban J connectivity index is 0.00000336. The molecule has 0 radical (unpaired) electrons. The van der Waals surface area contributed by atoms with E-state index < -0.39 is 0 Å². The van der Waals surface area contributed by atoms with Crippen LogP contribution in [0.1, 0.15) is 81.6 Å². The molecule has 2 aliphatic heterocycles. The zero-order valence-corrected chi connectivity index (χ0v) is 23.4. The number of thiophene rings is 1. The zero-order valence-electron chi connectivity index (χ0n) is 22.6. The van der Waals surface area contributed by atoms with Gasteiger partial charge in [0.05, 0.1) is 12.1 Å². The van der Waals surface area contributed by atoms with E-state index in [4.69, 9.17) is 0 Å². The van der Waals surface area contributed by atoms with Crippen LogP contribution in [-0.2, 0) is 19.5 Å². The van der Waals surface area contributed by atoms with E-state index >= 15 is 0 Å². The standard InChI is InChI=1S/C31H39N3O2S.H2/c1-5-25(24-11-14-33(15-12-24)18-23-9-7-6-8-10-23)29-22(4)28-27(37-29)13-16-34(31(28)36)19-26-20(2)17-21(3)32-30(26)35;/h6-10,17,24-25H,5,11-16,18-19H2,1-4H3,(H,32,35);1H/t25-;/m1./s1. The van der Waals surface area contributed by atoms with E-state index in [9.17, 15) is 9.59 Å². The average Bonchev–Trinajstić information content (AvgIpc) is 3.21. The van der Waals surface area contributed by atoms with E-state index in [1.54, 1.807) is 0 Å². The number of benzene rings is 1. The smallest absolute Gasteiger partial charge is 0.255 e. The lowest BCUT2D eigenvalue weighted by molar-refractivity contribution is 0.0727. The minimum atomic E-state index is -0.0801. The number of piperidine rings is 1. The van der Waals surface area contributed by atoms with Crippen LogP contribution in [0.25, 0.3) is 0 Å². The Hall–Kier alpha value is -2.70. The summed E-state index contributed by atoms with van der Waals surface area (Å²) in [5, 5.41) is 0. The Morgan fingerprint density at radius 1 is 1.05 bits per heavy atom. The number of hydrogen-bond acceptors (Lipinski definition) is 4. The molecule has 4 heterocycles. The summed E-state index contributed by atoms with van der Waals surface area (Å²) < 4.78 is 0. The molecule has 2 aromatic heterocycles. The second kappa shape index (κ2) is 11.0. The molecule has 37 heavy (non-hydrogen) atoms. The molecule has 6 heteroatoms. The predicted octanol–water partition coefficient (Wildman–Crippen LogP) is 6.21.